The minimum absolute atomic E-state index is 0.0766. The number of fused-ring (bicyclic) bond motifs is 3. The normalized spacial score (nSPS) is 16.6. The van der Waals surface area contributed by atoms with Crippen molar-refractivity contribution in [1.29, 1.82) is 0 Å². The summed E-state index contributed by atoms with van der Waals surface area (Å²) in [6, 6.07) is 29.0. The topological polar surface area (TPSA) is 66.9 Å². The predicted octanol–water partition coefficient (Wildman–Crippen LogP) is 6.00. The van der Waals surface area contributed by atoms with E-state index < -0.39 is 0 Å². The summed E-state index contributed by atoms with van der Waals surface area (Å²) < 4.78 is 12.1. The molecule has 0 unspecified atom stereocenters. The van der Waals surface area contributed by atoms with Gasteiger partial charge in [0.25, 0.3) is 5.91 Å². The Morgan fingerprint density at radius 3 is 2.47 bits per heavy atom. The maximum absolute atomic E-state index is 13.4. The number of carbonyl (C=O) groups is 1. The Morgan fingerprint density at radius 1 is 0.756 bits per heavy atom. The van der Waals surface area contributed by atoms with E-state index in [0.717, 1.165) is 56.3 Å². The molecule has 1 fully saturated rings. The molecule has 0 radical (unpaired) electrons. The van der Waals surface area contributed by atoms with Gasteiger partial charge in [-0.25, -0.2) is 0 Å². The van der Waals surface area contributed by atoms with Gasteiger partial charge in [0.15, 0.2) is 0 Å². The highest BCUT2D eigenvalue weighted by molar-refractivity contribution is 5.94. The smallest absolute Gasteiger partial charge is 0.251 e. The maximum Gasteiger partial charge on any atom is 0.251 e. The summed E-state index contributed by atoms with van der Waals surface area (Å²) in [7, 11) is 0. The third-order valence-electron chi connectivity index (χ3n) is 8.66. The van der Waals surface area contributed by atoms with Crippen LogP contribution >= 0.6 is 0 Å². The minimum Gasteiger partial charge on any atom is -0.491 e. The van der Waals surface area contributed by atoms with Crippen molar-refractivity contribution in [3.05, 3.63) is 130 Å². The lowest BCUT2D eigenvalue weighted by molar-refractivity contribution is 0.0754. The van der Waals surface area contributed by atoms with E-state index >= 15 is 0 Å². The number of amides is 1. The van der Waals surface area contributed by atoms with Crippen LogP contribution in [0.2, 0.25) is 0 Å². The molecule has 0 atom stereocenters. The summed E-state index contributed by atoms with van der Waals surface area (Å²) in [5.74, 6) is 0.716. The zero-order valence-electron chi connectivity index (χ0n) is 26.1. The number of likely N-dealkylation sites (tertiary alicyclic amines) is 1. The second-order valence-corrected chi connectivity index (χ2v) is 12.1. The Bertz CT molecular complexity index is 1540. The van der Waals surface area contributed by atoms with Crippen molar-refractivity contribution in [3.8, 4) is 5.75 Å². The summed E-state index contributed by atoms with van der Waals surface area (Å²) >= 11 is 0. The van der Waals surface area contributed by atoms with E-state index in [1.165, 1.54) is 41.5 Å². The van der Waals surface area contributed by atoms with Crippen molar-refractivity contribution < 1.29 is 14.3 Å². The molecular formula is C38H44N4O3. The van der Waals surface area contributed by atoms with Crippen LogP contribution in [0.15, 0.2) is 91.1 Å². The molecule has 234 valence electrons. The first-order valence-electron chi connectivity index (χ1n) is 16.3. The number of pyridine rings is 1. The molecule has 0 spiro atoms. The molecular weight excluding hydrogens is 560 g/mol. The lowest BCUT2D eigenvalue weighted by Crippen LogP contribution is -2.30. The van der Waals surface area contributed by atoms with Crippen LogP contribution in [0.4, 0.5) is 0 Å². The molecule has 45 heavy (non-hydrogen) atoms. The summed E-state index contributed by atoms with van der Waals surface area (Å²) in [6.45, 7) is 7.67. The van der Waals surface area contributed by atoms with Gasteiger partial charge in [0, 0.05) is 50.9 Å². The second-order valence-electron chi connectivity index (χ2n) is 12.1. The molecule has 3 aromatic carbocycles. The molecule has 2 aliphatic rings. The first-order chi connectivity index (χ1) is 22.2. The van der Waals surface area contributed by atoms with Gasteiger partial charge in [-0.15, -0.1) is 0 Å². The number of hydrogen-bond donors (Lipinski definition) is 1. The fourth-order valence-electron chi connectivity index (χ4n) is 6.28. The van der Waals surface area contributed by atoms with Crippen molar-refractivity contribution in [2.24, 2.45) is 0 Å². The Kier molecular flexibility index (Phi) is 10.9. The van der Waals surface area contributed by atoms with Crippen molar-refractivity contribution in [1.82, 2.24) is 20.1 Å². The Labute approximate surface area is 267 Å². The highest BCUT2D eigenvalue weighted by Crippen LogP contribution is 2.25. The number of ether oxygens (including phenoxy) is 2. The molecule has 1 amide bonds. The number of carbonyl (C=O) groups excluding carboxylic acids is 1. The number of aromatic nitrogens is 1. The molecule has 3 heterocycles. The number of hydrogen-bond acceptors (Lipinski definition) is 6. The molecule has 4 aromatic rings. The quantitative estimate of drug-likeness (QED) is 0.279. The van der Waals surface area contributed by atoms with Crippen molar-refractivity contribution in [2.75, 3.05) is 39.5 Å². The highest BCUT2D eigenvalue weighted by atomic mass is 16.5. The predicted molar refractivity (Wildman–Crippen MR) is 177 cm³/mol. The first-order valence-corrected chi connectivity index (χ1v) is 16.3. The lowest BCUT2D eigenvalue weighted by Gasteiger charge is -2.27. The molecule has 7 heteroatoms. The van der Waals surface area contributed by atoms with Crippen molar-refractivity contribution >= 4 is 5.91 Å². The van der Waals surface area contributed by atoms with Crippen LogP contribution in [0.1, 0.15) is 63.1 Å². The van der Waals surface area contributed by atoms with Gasteiger partial charge in [0.2, 0.25) is 0 Å². The van der Waals surface area contributed by atoms with Gasteiger partial charge >= 0.3 is 0 Å². The number of piperidine rings is 1. The fourth-order valence-corrected chi connectivity index (χ4v) is 6.28. The van der Waals surface area contributed by atoms with E-state index in [-0.39, 0.29) is 5.91 Å². The molecule has 6 rings (SSSR count). The second kappa shape index (κ2) is 15.8. The van der Waals surface area contributed by atoms with Gasteiger partial charge in [-0.2, -0.15) is 0 Å². The zero-order valence-corrected chi connectivity index (χ0v) is 26.1. The van der Waals surface area contributed by atoms with Gasteiger partial charge in [-0.1, -0.05) is 61.0 Å². The summed E-state index contributed by atoms with van der Waals surface area (Å²) in [4.78, 5) is 22.9. The van der Waals surface area contributed by atoms with E-state index in [1.807, 2.05) is 36.5 Å². The lowest BCUT2D eigenvalue weighted by atomic mass is 9.99. The van der Waals surface area contributed by atoms with Gasteiger partial charge in [-0.05, 0) is 84.1 Å². The van der Waals surface area contributed by atoms with Crippen molar-refractivity contribution in [3.63, 3.8) is 0 Å². The number of nitrogens with one attached hydrogen (secondary N) is 1. The average molecular weight is 605 g/mol. The molecule has 2 bridgehead atoms. The molecule has 2 aliphatic heterocycles. The van der Waals surface area contributed by atoms with Crippen LogP contribution in [0.25, 0.3) is 0 Å². The zero-order chi connectivity index (χ0) is 30.7. The summed E-state index contributed by atoms with van der Waals surface area (Å²) in [5, 5.41) is 3.19. The Balaban J connectivity index is 1.16. The molecule has 1 aromatic heterocycles. The molecule has 7 nitrogen and oxygen atoms in total. The van der Waals surface area contributed by atoms with E-state index in [9.17, 15) is 4.79 Å². The average Bonchev–Trinajstić information content (AvgIpc) is 3.07. The van der Waals surface area contributed by atoms with E-state index in [1.54, 1.807) is 0 Å². The Hall–Kier alpha value is -4.04. The van der Waals surface area contributed by atoms with Crippen LogP contribution in [-0.4, -0.2) is 60.1 Å². The van der Waals surface area contributed by atoms with Crippen LogP contribution in [0.5, 0.6) is 5.75 Å². The summed E-state index contributed by atoms with van der Waals surface area (Å²) in [6.07, 6.45) is 6.37. The minimum atomic E-state index is -0.0766. The third kappa shape index (κ3) is 9.01. The van der Waals surface area contributed by atoms with Gasteiger partial charge in [-0.3, -0.25) is 19.6 Å². The monoisotopic (exact) mass is 604 g/mol. The van der Waals surface area contributed by atoms with E-state index in [4.69, 9.17) is 9.47 Å². The van der Waals surface area contributed by atoms with Crippen LogP contribution < -0.4 is 10.1 Å². The fraction of sp³-hybridized carbons (Fsp3) is 0.368. The van der Waals surface area contributed by atoms with Gasteiger partial charge in [0.1, 0.15) is 12.4 Å². The van der Waals surface area contributed by atoms with E-state index in [2.05, 4.69) is 74.7 Å². The summed E-state index contributed by atoms with van der Waals surface area (Å²) in [5.41, 5.74) is 7.56. The van der Waals surface area contributed by atoms with Crippen LogP contribution in [-0.2, 0) is 37.3 Å². The number of rotatable bonds is 7. The molecule has 0 saturated carbocycles. The maximum atomic E-state index is 13.4. The SMILES string of the molecule is O=C(NCc1ccccc1CN1CCCCC1)c1ccc2c(c1)Cc1cccc(c1)CN(Cc1ccccn1)CCOCCO2. The Morgan fingerprint density at radius 2 is 1.60 bits per heavy atom. The molecule has 1 saturated heterocycles. The van der Waals surface area contributed by atoms with Crippen LogP contribution in [0, 0.1) is 0 Å². The number of nitrogens with zero attached hydrogens (tertiary/aromatic N) is 3. The largest absolute Gasteiger partial charge is 0.491 e. The molecule has 1 N–H and O–H groups in total. The number of benzene rings is 3. The van der Waals surface area contributed by atoms with Crippen LogP contribution in [0.3, 0.4) is 0 Å². The standard InChI is InChI=1S/C38H44N4O3/c43-38(40-26-33-11-2-3-12-34(33)28-41-17-6-1-7-18-41)32-14-15-37-35(25-32)24-30-9-8-10-31(23-30)27-42(19-20-44-21-22-45-37)29-36-13-4-5-16-39-36/h2-5,8-16,23,25H,1,6-7,17-22,24,26-29H2,(H,40,43). The van der Waals surface area contributed by atoms with Crippen molar-refractivity contribution in [2.45, 2.75) is 51.9 Å². The van der Waals surface area contributed by atoms with Gasteiger partial charge < -0.3 is 14.8 Å². The highest BCUT2D eigenvalue weighted by Gasteiger charge is 2.16. The molecule has 0 aliphatic carbocycles. The first kappa shape index (κ1) is 31.0. The van der Waals surface area contributed by atoms with E-state index in [0.29, 0.717) is 38.3 Å². The third-order valence-corrected chi connectivity index (χ3v) is 8.66. The van der Waals surface area contributed by atoms with Gasteiger partial charge in [0.05, 0.1) is 18.9 Å².